The van der Waals surface area contributed by atoms with Crippen molar-refractivity contribution in [1.82, 2.24) is 14.9 Å². The summed E-state index contributed by atoms with van der Waals surface area (Å²) in [5.41, 5.74) is 2.38. The number of carboxylic acids is 1. The maximum absolute atomic E-state index is 13.2. The van der Waals surface area contributed by atoms with Gasteiger partial charge in [-0.15, -0.1) is 0 Å². The zero-order chi connectivity index (χ0) is 22.7. The first-order valence-corrected chi connectivity index (χ1v) is 11.6. The predicted octanol–water partition coefficient (Wildman–Crippen LogP) is 4.62. The van der Waals surface area contributed by atoms with E-state index in [4.69, 9.17) is 4.74 Å². The Hall–Kier alpha value is -2.87. The van der Waals surface area contributed by atoms with E-state index in [1.54, 1.807) is 6.20 Å². The highest BCUT2D eigenvalue weighted by Gasteiger charge is 2.28. The second-order valence-electron chi connectivity index (χ2n) is 8.10. The Morgan fingerprint density at radius 2 is 1.91 bits per heavy atom. The van der Waals surface area contributed by atoms with E-state index in [1.807, 2.05) is 48.0 Å². The van der Waals surface area contributed by atoms with Gasteiger partial charge in [0, 0.05) is 29.5 Å². The minimum absolute atomic E-state index is 0.0328. The molecule has 2 heterocycles. The summed E-state index contributed by atoms with van der Waals surface area (Å²) in [4.78, 5) is 28.8. The summed E-state index contributed by atoms with van der Waals surface area (Å²) >= 11 is 3.46. The van der Waals surface area contributed by atoms with Gasteiger partial charge in [-0.25, -0.2) is 4.98 Å². The van der Waals surface area contributed by atoms with Crippen LogP contribution in [0.2, 0.25) is 0 Å². The number of rotatable bonds is 7. The molecule has 0 aliphatic heterocycles. The molecule has 1 amide bonds. The predicted molar refractivity (Wildman–Crippen MR) is 125 cm³/mol. The Bertz CT molecular complexity index is 1120. The molecule has 4 rings (SSSR count). The molecular weight excluding hydrogens is 474 g/mol. The molecule has 0 radical (unpaired) electrons. The van der Waals surface area contributed by atoms with Crippen molar-refractivity contribution in [2.24, 2.45) is 5.92 Å². The lowest BCUT2D eigenvalue weighted by molar-refractivity contribution is -0.142. The van der Waals surface area contributed by atoms with Crippen molar-refractivity contribution in [3.63, 3.8) is 0 Å². The summed E-state index contributed by atoms with van der Waals surface area (Å²) < 4.78 is 8.75. The Morgan fingerprint density at radius 1 is 1.19 bits per heavy atom. The molecule has 2 aromatic heterocycles. The lowest BCUT2D eigenvalue weighted by Gasteiger charge is -2.27. The molecule has 0 bridgehead atoms. The van der Waals surface area contributed by atoms with Crippen LogP contribution >= 0.6 is 15.9 Å². The van der Waals surface area contributed by atoms with Crippen LogP contribution in [-0.4, -0.2) is 39.2 Å². The molecule has 1 aliphatic rings. The summed E-state index contributed by atoms with van der Waals surface area (Å²) in [5.74, 6) is -0.751. The van der Waals surface area contributed by atoms with Crippen molar-refractivity contribution in [2.75, 3.05) is 6.61 Å². The smallest absolute Gasteiger partial charge is 0.306 e. The van der Waals surface area contributed by atoms with Gasteiger partial charge in [-0.1, -0.05) is 28.1 Å². The summed E-state index contributed by atoms with van der Waals surface area (Å²) in [6, 6.07) is 9.98. The second kappa shape index (κ2) is 9.73. The highest BCUT2D eigenvalue weighted by Crippen LogP contribution is 2.30. The standard InChI is InChI=1S/C24H26BrN3O4/c1-2-32-23-19-11-12-28(14-15-3-7-17(25)8-4-15)21(19)20(13-26-23)22(29)27-18-9-5-16(6-10-18)24(30)31/h3-4,7-8,11-13,16,18H,2,5-6,9-10,14H2,1H3,(H,27,29)(H,30,31). The SMILES string of the molecule is CCOc1ncc(C(=O)NC2CCC(C(=O)O)CC2)c2c1ccn2Cc1ccc(Br)cc1. The minimum Gasteiger partial charge on any atom is -0.481 e. The third kappa shape index (κ3) is 4.80. The van der Waals surface area contributed by atoms with Crippen LogP contribution < -0.4 is 10.1 Å². The number of nitrogens with zero attached hydrogens (tertiary/aromatic N) is 2. The monoisotopic (exact) mass is 499 g/mol. The van der Waals surface area contributed by atoms with Crippen LogP contribution in [0.3, 0.4) is 0 Å². The van der Waals surface area contributed by atoms with Gasteiger partial charge in [0.05, 0.1) is 29.0 Å². The number of aliphatic carboxylic acids is 1. The molecule has 0 atom stereocenters. The summed E-state index contributed by atoms with van der Waals surface area (Å²) in [6.45, 7) is 3.00. The summed E-state index contributed by atoms with van der Waals surface area (Å²) in [6.07, 6.45) is 6.01. The third-order valence-corrected chi connectivity index (χ3v) is 6.49. The van der Waals surface area contributed by atoms with E-state index in [1.165, 1.54) is 0 Å². The van der Waals surface area contributed by atoms with E-state index in [0.717, 1.165) is 20.9 Å². The summed E-state index contributed by atoms with van der Waals surface area (Å²) in [5, 5.41) is 13.1. The lowest BCUT2D eigenvalue weighted by atomic mass is 9.86. The molecule has 1 aromatic carbocycles. The number of pyridine rings is 1. The number of carbonyl (C=O) groups excluding carboxylic acids is 1. The highest BCUT2D eigenvalue weighted by molar-refractivity contribution is 9.10. The molecular formula is C24H26BrN3O4. The fourth-order valence-electron chi connectivity index (χ4n) is 4.28. The number of hydrogen-bond acceptors (Lipinski definition) is 4. The molecule has 32 heavy (non-hydrogen) atoms. The second-order valence-corrected chi connectivity index (χ2v) is 9.02. The molecule has 168 valence electrons. The first-order valence-electron chi connectivity index (χ1n) is 10.8. The van der Waals surface area contributed by atoms with Crippen molar-refractivity contribution in [2.45, 2.75) is 45.2 Å². The van der Waals surface area contributed by atoms with Gasteiger partial charge in [0.15, 0.2) is 0 Å². The molecule has 0 unspecified atom stereocenters. The topological polar surface area (TPSA) is 93.4 Å². The quantitative estimate of drug-likeness (QED) is 0.494. The van der Waals surface area contributed by atoms with Gasteiger partial charge >= 0.3 is 5.97 Å². The average molecular weight is 500 g/mol. The molecule has 3 aromatic rings. The van der Waals surface area contributed by atoms with E-state index in [9.17, 15) is 14.7 Å². The van der Waals surface area contributed by atoms with Crippen molar-refractivity contribution < 1.29 is 19.4 Å². The van der Waals surface area contributed by atoms with Gasteiger partial charge in [0.25, 0.3) is 5.91 Å². The fourth-order valence-corrected chi connectivity index (χ4v) is 4.55. The van der Waals surface area contributed by atoms with Crippen molar-refractivity contribution in [1.29, 1.82) is 0 Å². The van der Waals surface area contributed by atoms with Crippen LogP contribution in [0.25, 0.3) is 10.9 Å². The Balaban J connectivity index is 1.62. The molecule has 1 fully saturated rings. The number of aromatic nitrogens is 2. The van der Waals surface area contributed by atoms with Gasteiger partial charge < -0.3 is 19.7 Å². The van der Waals surface area contributed by atoms with Gasteiger partial charge in [0.1, 0.15) is 0 Å². The first-order chi connectivity index (χ1) is 15.5. The molecule has 0 saturated heterocycles. The maximum Gasteiger partial charge on any atom is 0.306 e. The minimum atomic E-state index is -0.752. The molecule has 0 spiro atoms. The van der Waals surface area contributed by atoms with Gasteiger partial charge in [-0.2, -0.15) is 0 Å². The van der Waals surface area contributed by atoms with E-state index >= 15 is 0 Å². The molecule has 1 saturated carbocycles. The maximum atomic E-state index is 13.2. The molecule has 8 heteroatoms. The Labute approximate surface area is 194 Å². The van der Waals surface area contributed by atoms with Crippen molar-refractivity contribution in [3.8, 4) is 5.88 Å². The van der Waals surface area contributed by atoms with Crippen LogP contribution in [0.1, 0.15) is 48.5 Å². The number of nitrogens with one attached hydrogen (secondary N) is 1. The van der Waals surface area contributed by atoms with Crippen LogP contribution in [0.5, 0.6) is 5.88 Å². The van der Waals surface area contributed by atoms with Crippen LogP contribution in [0, 0.1) is 5.92 Å². The average Bonchev–Trinajstić information content (AvgIpc) is 3.20. The van der Waals surface area contributed by atoms with Crippen LogP contribution in [0.15, 0.2) is 47.2 Å². The summed E-state index contributed by atoms with van der Waals surface area (Å²) in [7, 11) is 0. The number of benzene rings is 1. The molecule has 7 nitrogen and oxygen atoms in total. The van der Waals surface area contributed by atoms with E-state index in [-0.39, 0.29) is 17.9 Å². The van der Waals surface area contributed by atoms with E-state index in [0.29, 0.717) is 50.3 Å². The number of fused-ring (bicyclic) bond motifs is 1. The number of amides is 1. The number of ether oxygens (including phenoxy) is 1. The zero-order valence-electron chi connectivity index (χ0n) is 17.9. The molecule has 1 aliphatic carbocycles. The molecule has 2 N–H and O–H groups in total. The third-order valence-electron chi connectivity index (χ3n) is 5.96. The largest absolute Gasteiger partial charge is 0.481 e. The number of carboxylic acid groups (broad SMARTS) is 1. The Morgan fingerprint density at radius 3 is 2.56 bits per heavy atom. The normalized spacial score (nSPS) is 18.4. The van der Waals surface area contributed by atoms with Crippen molar-refractivity contribution in [3.05, 3.63) is 58.3 Å². The first kappa shape index (κ1) is 22.3. The van der Waals surface area contributed by atoms with Gasteiger partial charge in [-0.3, -0.25) is 9.59 Å². The van der Waals surface area contributed by atoms with Gasteiger partial charge in [-0.05, 0) is 56.4 Å². The van der Waals surface area contributed by atoms with E-state index < -0.39 is 5.97 Å². The fraction of sp³-hybridized carbons (Fsp3) is 0.375. The Kier molecular flexibility index (Phi) is 6.79. The van der Waals surface area contributed by atoms with Crippen molar-refractivity contribution >= 4 is 38.7 Å². The number of carbonyl (C=O) groups is 2. The zero-order valence-corrected chi connectivity index (χ0v) is 19.5. The van der Waals surface area contributed by atoms with E-state index in [2.05, 4.69) is 26.2 Å². The van der Waals surface area contributed by atoms with Crippen LogP contribution in [-0.2, 0) is 11.3 Å². The van der Waals surface area contributed by atoms with Crippen LogP contribution in [0.4, 0.5) is 0 Å². The highest BCUT2D eigenvalue weighted by atomic mass is 79.9. The van der Waals surface area contributed by atoms with Gasteiger partial charge in [0.2, 0.25) is 5.88 Å². The lowest BCUT2D eigenvalue weighted by Crippen LogP contribution is -2.39. The number of halogens is 1. The number of hydrogen-bond donors (Lipinski definition) is 2.